The van der Waals surface area contributed by atoms with E-state index < -0.39 is 11.5 Å². The number of amides is 2. The number of aryl methyl sites for hydroxylation is 1. The van der Waals surface area contributed by atoms with Gasteiger partial charge in [0.15, 0.2) is 0 Å². The van der Waals surface area contributed by atoms with Gasteiger partial charge < -0.3 is 9.47 Å². The minimum Gasteiger partial charge on any atom is -0.369 e. The first-order valence-corrected chi connectivity index (χ1v) is 10.7. The molecule has 0 saturated carbocycles. The highest BCUT2D eigenvalue weighted by Crippen LogP contribution is 2.22. The van der Waals surface area contributed by atoms with Crippen LogP contribution in [0.15, 0.2) is 53.8 Å². The zero-order chi connectivity index (χ0) is 22.0. The third kappa shape index (κ3) is 4.05. The molecular weight excluding hydrogens is 392 g/mol. The van der Waals surface area contributed by atoms with E-state index in [9.17, 15) is 14.4 Å². The maximum atomic E-state index is 12.8. The van der Waals surface area contributed by atoms with Gasteiger partial charge in [-0.2, -0.15) is 0 Å². The molecule has 4 rings (SSSR count). The van der Waals surface area contributed by atoms with Gasteiger partial charge in [-0.1, -0.05) is 24.3 Å². The van der Waals surface area contributed by atoms with E-state index in [-0.39, 0.29) is 17.0 Å². The summed E-state index contributed by atoms with van der Waals surface area (Å²) in [5.74, 6) is -0.837. The zero-order valence-electron chi connectivity index (χ0n) is 17.9. The number of piperazine rings is 1. The van der Waals surface area contributed by atoms with E-state index in [0.717, 1.165) is 32.7 Å². The number of hydrogen-bond acceptors (Lipinski definition) is 5. The number of pyridine rings is 1. The van der Waals surface area contributed by atoms with Gasteiger partial charge in [-0.15, -0.1) is 6.58 Å². The second kappa shape index (κ2) is 8.89. The molecule has 2 aromatic rings. The van der Waals surface area contributed by atoms with Gasteiger partial charge >= 0.3 is 0 Å². The Hall–Kier alpha value is -3.19. The number of rotatable bonds is 7. The van der Waals surface area contributed by atoms with Gasteiger partial charge in [-0.25, -0.2) is 0 Å². The monoisotopic (exact) mass is 420 g/mol. The highest BCUT2D eigenvalue weighted by atomic mass is 16.2. The minimum atomic E-state index is -0.475. The lowest BCUT2D eigenvalue weighted by Crippen LogP contribution is -2.47. The Kier molecular flexibility index (Phi) is 6.04. The van der Waals surface area contributed by atoms with Gasteiger partial charge in [0.25, 0.3) is 17.4 Å². The number of benzene rings is 1. The number of anilines is 1. The Balaban J connectivity index is 1.34. The third-order valence-electron chi connectivity index (χ3n) is 6.10. The molecule has 7 heteroatoms. The van der Waals surface area contributed by atoms with Crippen molar-refractivity contribution >= 4 is 17.5 Å². The molecule has 1 fully saturated rings. The first kappa shape index (κ1) is 21.1. The average Bonchev–Trinajstić information content (AvgIpc) is 3.02. The second-order valence-corrected chi connectivity index (χ2v) is 8.06. The molecule has 0 N–H and O–H groups in total. The summed E-state index contributed by atoms with van der Waals surface area (Å²) in [6.45, 7) is 10.7. The van der Waals surface area contributed by atoms with Crippen molar-refractivity contribution in [3.8, 4) is 0 Å². The van der Waals surface area contributed by atoms with E-state index in [0.29, 0.717) is 25.2 Å². The number of hydrogen-bond donors (Lipinski definition) is 0. The van der Waals surface area contributed by atoms with Gasteiger partial charge in [0.1, 0.15) is 5.56 Å². The second-order valence-electron chi connectivity index (χ2n) is 8.06. The fourth-order valence-corrected chi connectivity index (χ4v) is 4.40. The maximum Gasteiger partial charge on any atom is 0.267 e. The van der Waals surface area contributed by atoms with Gasteiger partial charge in [-0.3, -0.25) is 24.2 Å². The molecule has 0 radical (unpaired) electrons. The predicted octanol–water partition coefficient (Wildman–Crippen LogP) is 2.15. The van der Waals surface area contributed by atoms with Crippen LogP contribution in [-0.2, 0) is 6.54 Å². The van der Waals surface area contributed by atoms with Crippen molar-refractivity contribution < 1.29 is 9.59 Å². The molecule has 0 aliphatic carbocycles. The number of para-hydroxylation sites is 1. The van der Waals surface area contributed by atoms with Crippen molar-refractivity contribution in [3.63, 3.8) is 0 Å². The molecule has 162 valence electrons. The SMILES string of the molecule is C=CCn1c(C)cc2c(c1=O)C(=O)N(CCCN1CCN(c3ccccc3)CC1)C2=O. The lowest BCUT2D eigenvalue weighted by atomic mass is 10.1. The number of imide groups is 1. The molecule has 1 aromatic heterocycles. The van der Waals surface area contributed by atoms with E-state index in [4.69, 9.17) is 0 Å². The van der Waals surface area contributed by atoms with Crippen molar-refractivity contribution in [1.82, 2.24) is 14.4 Å². The topological polar surface area (TPSA) is 65.9 Å². The van der Waals surface area contributed by atoms with Crippen LogP contribution < -0.4 is 10.5 Å². The van der Waals surface area contributed by atoms with E-state index >= 15 is 0 Å². The van der Waals surface area contributed by atoms with Crippen molar-refractivity contribution in [3.05, 3.63) is 76.2 Å². The molecule has 2 aliphatic heterocycles. The van der Waals surface area contributed by atoms with E-state index in [1.54, 1.807) is 19.1 Å². The number of fused-ring (bicyclic) bond motifs is 1. The molecule has 0 atom stereocenters. The molecule has 1 saturated heterocycles. The smallest absolute Gasteiger partial charge is 0.267 e. The quantitative estimate of drug-likeness (QED) is 0.507. The summed E-state index contributed by atoms with van der Waals surface area (Å²) in [4.78, 5) is 44.3. The fourth-order valence-electron chi connectivity index (χ4n) is 4.40. The zero-order valence-corrected chi connectivity index (χ0v) is 17.9. The molecule has 3 heterocycles. The number of nitrogens with zero attached hydrogens (tertiary/aromatic N) is 4. The Morgan fingerprint density at radius 3 is 2.35 bits per heavy atom. The molecule has 0 bridgehead atoms. The highest BCUT2D eigenvalue weighted by Gasteiger charge is 2.38. The number of carbonyl (C=O) groups is 2. The van der Waals surface area contributed by atoms with Crippen LogP contribution in [0.1, 0.15) is 32.8 Å². The standard InChI is InChI=1S/C24H28N4O3/c1-3-10-27-18(2)17-20-21(23(27)30)24(31)28(22(20)29)12-7-11-25-13-15-26(16-14-25)19-8-5-4-6-9-19/h3-6,8-9,17H,1,7,10-16H2,2H3. The van der Waals surface area contributed by atoms with Crippen LogP contribution in [-0.4, -0.2) is 65.4 Å². The van der Waals surface area contributed by atoms with Crippen LogP contribution in [0.5, 0.6) is 0 Å². The van der Waals surface area contributed by atoms with Crippen molar-refractivity contribution in [2.24, 2.45) is 0 Å². The molecule has 2 amide bonds. The summed E-state index contributed by atoms with van der Waals surface area (Å²) in [6.07, 6.45) is 2.30. The third-order valence-corrected chi connectivity index (χ3v) is 6.10. The summed E-state index contributed by atoms with van der Waals surface area (Å²) in [5, 5.41) is 0. The fraction of sp³-hybridized carbons (Fsp3) is 0.375. The molecule has 2 aliphatic rings. The van der Waals surface area contributed by atoms with Gasteiger partial charge in [0.2, 0.25) is 0 Å². The molecule has 31 heavy (non-hydrogen) atoms. The highest BCUT2D eigenvalue weighted by molar-refractivity contribution is 6.21. The van der Waals surface area contributed by atoms with Crippen LogP contribution >= 0.6 is 0 Å². The van der Waals surface area contributed by atoms with Crippen LogP contribution in [0.2, 0.25) is 0 Å². The first-order chi connectivity index (χ1) is 15.0. The molecule has 7 nitrogen and oxygen atoms in total. The molecule has 1 aromatic carbocycles. The Morgan fingerprint density at radius 2 is 1.68 bits per heavy atom. The number of allylic oxidation sites excluding steroid dienone is 1. The molecule has 0 spiro atoms. The Bertz CT molecular complexity index is 1050. The van der Waals surface area contributed by atoms with E-state index in [1.165, 1.54) is 15.2 Å². The van der Waals surface area contributed by atoms with Crippen molar-refractivity contribution in [2.75, 3.05) is 44.2 Å². The summed E-state index contributed by atoms with van der Waals surface area (Å²) in [6, 6.07) is 12.0. The van der Waals surface area contributed by atoms with Gasteiger partial charge in [0.05, 0.1) is 5.56 Å². The average molecular weight is 421 g/mol. The van der Waals surface area contributed by atoms with Crippen LogP contribution in [0, 0.1) is 6.92 Å². The van der Waals surface area contributed by atoms with Gasteiger partial charge in [-0.05, 0) is 38.1 Å². The maximum absolute atomic E-state index is 12.8. The van der Waals surface area contributed by atoms with E-state index in [2.05, 4.69) is 40.6 Å². The normalized spacial score (nSPS) is 16.7. The number of carbonyl (C=O) groups excluding carboxylic acids is 2. The molecule has 0 unspecified atom stereocenters. The summed E-state index contributed by atoms with van der Waals surface area (Å²) in [5.41, 5.74) is 1.71. The first-order valence-electron chi connectivity index (χ1n) is 10.7. The minimum absolute atomic E-state index is 0.00562. The van der Waals surface area contributed by atoms with Crippen LogP contribution in [0.4, 0.5) is 5.69 Å². The molecular formula is C24H28N4O3. The summed E-state index contributed by atoms with van der Waals surface area (Å²) in [7, 11) is 0. The summed E-state index contributed by atoms with van der Waals surface area (Å²) < 4.78 is 1.48. The lowest BCUT2D eigenvalue weighted by Gasteiger charge is -2.36. The van der Waals surface area contributed by atoms with E-state index in [1.807, 2.05) is 6.07 Å². The predicted molar refractivity (Wildman–Crippen MR) is 121 cm³/mol. The summed E-state index contributed by atoms with van der Waals surface area (Å²) >= 11 is 0. The van der Waals surface area contributed by atoms with Gasteiger partial charge in [0, 0.05) is 50.6 Å². The Morgan fingerprint density at radius 1 is 0.968 bits per heavy atom. The van der Waals surface area contributed by atoms with Crippen LogP contribution in [0.25, 0.3) is 0 Å². The Labute approximate surface area is 182 Å². The number of aromatic nitrogens is 1. The van der Waals surface area contributed by atoms with Crippen LogP contribution in [0.3, 0.4) is 0 Å². The lowest BCUT2D eigenvalue weighted by molar-refractivity contribution is 0.0646. The van der Waals surface area contributed by atoms with Crippen molar-refractivity contribution in [1.29, 1.82) is 0 Å². The van der Waals surface area contributed by atoms with Crippen molar-refractivity contribution in [2.45, 2.75) is 19.9 Å². The largest absolute Gasteiger partial charge is 0.369 e.